The third-order valence-corrected chi connectivity index (χ3v) is 12.8. The number of thiophene rings is 1. The van der Waals surface area contributed by atoms with Crippen LogP contribution < -0.4 is 5.32 Å². The van der Waals surface area contributed by atoms with Crippen LogP contribution in [0.5, 0.6) is 0 Å². The van der Waals surface area contributed by atoms with Gasteiger partial charge in [-0.25, -0.2) is 0 Å². The van der Waals surface area contributed by atoms with Gasteiger partial charge in [0, 0.05) is 23.4 Å². The maximum Gasteiger partial charge on any atom is 0.399 e. The SMILES string of the molecule is CC(C)CCN1CCC(CC(NC(=O)c2cc3cc(C(F)(F)P(=O)(O)O)ccc3s2)C(=O)N2CCCC2C(=O)N2CCOC(c3ccccc3)C2)CC1. The zero-order valence-corrected chi connectivity index (χ0v) is 31.9. The number of nitrogens with zero attached hydrogens (tertiary/aromatic N) is 3. The number of carbonyl (C=O) groups is 3. The predicted molar refractivity (Wildman–Crippen MR) is 199 cm³/mol. The molecule has 11 nitrogen and oxygen atoms in total. The summed E-state index contributed by atoms with van der Waals surface area (Å²) in [4.78, 5) is 66.8. The number of amides is 3. The lowest BCUT2D eigenvalue weighted by molar-refractivity contribution is -0.149. The van der Waals surface area contributed by atoms with Gasteiger partial charge in [-0.15, -0.1) is 11.3 Å². The average Bonchev–Trinajstić information content (AvgIpc) is 3.81. The number of hydrogen-bond acceptors (Lipinski definition) is 7. The van der Waals surface area contributed by atoms with Gasteiger partial charge in [0.15, 0.2) is 0 Å². The first-order chi connectivity index (χ1) is 25.2. The fourth-order valence-electron chi connectivity index (χ4n) is 7.60. The van der Waals surface area contributed by atoms with Crippen molar-refractivity contribution in [3.05, 3.63) is 70.6 Å². The van der Waals surface area contributed by atoms with Crippen LogP contribution in [0.4, 0.5) is 8.78 Å². The van der Waals surface area contributed by atoms with Gasteiger partial charge in [0.1, 0.15) is 18.2 Å². The highest BCUT2D eigenvalue weighted by Crippen LogP contribution is 2.59. The number of halogens is 2. The molecule has 3 aliphatic rings. The maximum atomic E-state index is 14.5. The molecule has 3 unspecified atom stereocenters. The minimum absolute atomic E-state index is 0.129. The van der Waals surface area contributed by atoms with E-state index in [1.165, 1.54) is 12.1 Å². The molecule has 3 saturated heterocycles. The normalized spacial score (nSPS) is 21.3. The highest BCUT2D eigenvalue weighted by atomic mass is 32.1. The Morgan fingerprint density at radius 1 is 1.02 bits per heavy atom. The Bertz CT molecular complexity index is 1810. The third-order valence-electron chi connectivity index (χ3n) is 10.7. The lowest BCUT2D eigenvalue weighted by Gasteiger charge is -2.38. The highest BCUT2D eigenvalue weighted by molar-refractivity contribution is 7.52. The summed E-state index contributed by atoms with van der Waals surface area (Å²) in [5.41, 5.74) is -4.26. The highest BCUT2D eigenvalue weighted by Gasteiger charge is 2.50. The molecule has 0 radical (unpaired) electrons. The quantitative estimate of drug-likeness (QED) is 0.192. The molecule has 15 heteroatoms. The van der Waals surface area contributed by atoms with Crippen molar-refractivity contribution in [3.8, 4) is 0 Å². The number of nitrogens with one attached hydrogen (secondary N) is 1. The van der Waals surface area contributed by atoms with E-state index in [0.717, 1.165) is 67.9 Å². The standard InChI is InChI=1S/C38H49F2N4O7PS/c1-25(2)12-16-42-17-13-26(14-18-42)21-30(41-35(45)34-23-28-22-29(10-11-33(28)53-34)38(39,40)52(48,49)50)36(46)44-15-6-9-31(44)37(47)43-19-20-51-32(24-43)27-7-4-3-5-8-27/h3-5,7-8,10-11,22-23,25-26,30-32H,6,9,12-21,24H2,1-2H3,(H,41,45)(H2,48,49,50). The van der Waals surface area contributed by atoms with E-state index in [9.17, 15) is 37.5 Å². The second-order valence-corrected chi connectivity index (χ2v) is 17.7. The van der Waals surface area contributed by atoms with Crippen LogP contribution in [0.2, 0.25) is 0 Å². The first-order valence-corrected chi connectivity index (χ1v) is 20.9. The fraction of sp³-hybridized carbons (Fsp3) is 0.553. The van der Waals surface area contributed by atoms with Gasteiger partial charge in [0.2, 0.25) is 11.8 Å². The zero-order chi connectivity index (χ0) is 37.9. The van der Waals surface area contributed by atoms with Crippen molar-refractivity contribution in [3.63, 3.8) is 0 Å². The largest absolute Gasteiger partial charge is 0.399 e. The van der Waals surface area contributed by atoms with E-state index in [4.69, 9.17) is 4.74 Å². The van der Waals surface area contributed by atoms with E-state index in [1.807, 2.05) is 30.3 Å². The first-order valence-electron chi connectivity index (χ1n) is 18.5. The Morgan fingerprint density at radius 3 is 2.45 bits per heavy atom. The van der Waals surface area contributed by atoms with Gasteiger partial charge in [-0.1, -0.05) is 50.2 Å². The van der Waals surface area contributed by atoms with E-state index in [-0.39, 0.29) is 34.1 Å². The summed E-state index contributed by atoms with van der Waals surface area (Å²) in [7, 11) is -5.78. The lowest BCUT2D eigenvalue weighted by Crippen LogP contribution is -2.56. The molecule has 288 valence electrons. The average molecular weight is 775 g/mol. The van der Waals surface area contributed by atoms with Gasteiger partial charge in [-0.2, -0.15) is 8.78 Å². The number of likely N-dealkylation sites (tertiary alicyclic amines) is 2. The van der Waals surface area contributed by atoms with E-state index >= 15 is 0 Å². The minimum Gasteiger partial charge on any atom is -0.370 e. The van der Waals surface area contributed by atoms with E-state index in [1.54, 1.807) is 9.80 Å². The molecule has 3 aromatic rings. The van der Waals surface area contributed by atoms with Crippen LogP contribution in [-0.4, -0.2) is 100 Å². The van der Waals surface area contributed by atoms with Gasteiger partial charge in [-0.05, 0) is 99.1 Å². The van der Waals surface area contributed by atoms with Gasteiger partial charge in [-0.3, -0.25) is 18.9 Å². The second-order valence-electron chi connectivity index (χ2n) is 14.9. The molecule has 4 heterocycles. The molecule has 1 aromatic heterocycles. The van der Waals surface area contributed by atoms with Crippen LogP contribution in [-0.2, 0) is 24.6 Å². The summed E-state index contributed by atoms with van der Waals surface area (Å²) in [6, 6.07) is 12.8. The van der Waals surface area contributed by atoms with Crippen molar-refractivity contribution in [2.45, 2.75) is 76.2 Å². The van der Waals surface area contributed by atoms with Crippen molar-refractivity contribution >= 4 is 46.7 Å². The van der Waals surface area contributed by atoms with Gasteiger partial charge >= 0.3 is 13.3 Å². The Kier molecular flexibility index (Phi) is 12.4. The Labute approximate surface area is 312 Å². The van der Waals surface area contributed by atoms with Crippen LogP contribution in [0.25, 0.3) is 10.1 Å². The molecule has 3 atom stereocenters. The van der Waals surface area contributed by atoms with Crippen LogP contribution in [0.1, 0.15) is 79.3 Å². The number of morpholine rings is 1. The molecular formula is C38H49F2N4O7PS. The number of benzene rings is 2. The molecule has 0 aliphatic carbocycles. The number of piperidine rings is 1. The summed E-state index contributed by atoms with van der Waals surface area (Å²) in [6.45, 7) is 8.79. The predicted octanol–water partition coefficient (Wildman–Crippen LogP) is 5.97. The van der Waals surface area contributed by atoms with Gasteiger partial charge in [0.25, 0.3) is 5.91 Å². The Balaban J connectivity index is 1.19. The summed E-state index contributed by atoms with van der Waals surface area (Å²) in [5.74, 6) is -0.221. The van der Waals surface area contributed by atoms with Gasteiger partial charge < -0.3 is 34.5 Å². The van der Waals surface area contributed by atoms with Crippen LogP contribution >= 0.6 is 18.9 Å². The second kappa shape index (κ2) is 16.6. The molecule has 3 aliphatic heterocycles. The van der Waals surface area contributed by atoms with Crippen molar-refractivity contribution in [2.24, 2.45) is 11.8 Å². The molecule has 3 amide bonds. The van der Waals surface area contributed by atoms with Crippen molar-refractivity contribution in [1.82, 2.24) is 20.0 Å². The van der Waals surface area contributed by atoms with Gasteiger partial charge in [0.05, 0.1) is 18.0 Å². The number of alkyl halides is 2. The molecule has 3 N–H and O–H groups in total. The smallest absolute Gasteiger partial charge is 0.370 e. The molecular weight excluding hydrogens is 725 g/mol. The van der Waals surface area contributed by atoms with E-state index < -0.39 is 36.8 Å². The Morgan fingerprint density at radius 2 is 1.75 bits per heavy atom. The fourth-order valence-corrected chi connectivity index (χ4v) is 9.02. The number of carbonyl (C=O) groups excluding carboxylic acids is 3. The topological polar surface area (TPSA) is 140 Å². The number of ether oxygens (including phenoxy) is 1. The van der Waals surface area contributed by atoms with Crippen molar-refractivity contribution in [1.29, 1.82) is 0 Å². The molecule has 2 aromatic carbocycles. The summed E-state index contributed by atoms with van der Waals surface area (Å²) in [5, 5.41) is 3.18. The molecule has 6 rings (SSSR count). The van der Waals surface area contributed by atoms with Crippen LogP contribution in [0.3, 0.4) is 0 Å². The van der Waals surface area contributed by atoms with E-state index in [0.29, 0.717) is 56.1 Å². The maximum absolute atomic E-state index is 14.5. The van der Waals surface area contributed by atoms with Crippen molar-refractivity contribution < 1.29 is 42.3 Å². The summed E-state index contributed by atoms with van der Waals surface area (Å²) < 4.78 is 46.9. The van der Waals surface area contributed by atoms with Crippen molar-refractivity contribution in [2.75, 3.05) is 45.9 Å². The zero-order valence-electron chi connectivity index (χ0n) is 30.2. The third kappa shape index (κ3) is 9.17. The van der Waals surface area contributed by atoms with E-state index in [2.05, 4.69) is 24.1 Å². The first kappa shape index (κ1) is 39.4. The number of rotatable bonds is 12. The lowest BCUT2D eigenvalue weighted by atomic mass is 9.89. The molecule has 53 heavy (non-hydrogen) atoms. The number of hydrogen-bond donors (Lipinski definition) is 3. The minimum atomic E-state index is -5.78. The molecule has 0 saturated carbocycles. The molecule has 0 spiro atoms. The summed E-state index contributed by atoms with van der Waals surface area (Å²) in [6.07, 6.45) is 4.15. The van der Waals surface area contributed by atoms with Crippen LogP contribution in [0, 0.1) is 11.8 Å². The van der Waals surface area contributed by atoms with Crippen LogP contribution in [0.15, 0.2) is 54.6 Å². The Hall–Kier alpha value is -3.26. The number of fused-ring (bicyclic) bond motifs is 1. The molecule has 0 bridgehead atoms. The summed E-state index contributed by atoms with van der Waals surface area (Å²) >= 11 is 1.04. The monoisotopic (exact) mass is 774 g/mol. The molecule has 3 fully saturated rings.